The summed E-state index contributed by atoms with van der Waals surface area (Å²) in [5.41, 5.74) is 4.30. The van der Waals surface area contributed by atoms with Crippen LogP contribution in [-0.2, 0) is 0 Å². The Labute approximate surface area is 157 Å². The highest BCUT2D eigenvalue weighted by molar-refractivity contribution is 7.99. The Bertz CT molecular complexity index is 608. The minimum absolute atomic E-state index is 0. The number of allylic oxidation sites excluding steroid dienone is 2. The van der Waals surface area contributed by atoms with Crippen LogP contribution in [0.5, 0.6) is 0 Å². The molecule has 1 atom stereocenters. The van der Waals surface area contributed by atoms with Crippen LogP contribution < -0.4 is 0 Å². The van der Waals surface area contributed by atoms with E-state index < -0.39 is 0 Å². The van der Waals surface area contributed by atoms with Crippen LogP contribution in [0.15, 0.2) is 45.8 Å². The van der Waals surface area contributed by atoms with Crippen LogP contribution in [0.3, 0.4) is 0 Å². The molecule has 0 amide bonds. The van der Waals surface area contributed by atoms with Crippen molar-refractivity contribution in [3.8, 4) is 0 Å². The van der Waals surface area contributed by atoms with Gasteiger partial charge < -0.3 is 0 Å². The summed E-state index contributed by atoms with van der Waals surface area (Å²) in [5, 5.41) is 0. The average Bonchev–Trinajstić information content (AvgIpc) is 2.79. The van der Waals surface area contributed by atoms with Crippen LogP contribution in [0.25, 0.3) is 0 Å². The van der Waals surface area contributed by atoms with Crippen molar-refractivity contribution >= 4 is 29.9 Å². The highest BCUT2D eigenvalue weighted by Gasteiger charge is 2.32. The van der Waals surface area contributed by atoms with Crippen molar-refractivity contribution in [2.45, 2.75) is 75.6 Å². The van der Waals surface area contributed by atoms with Crippen LogP contribution in [0, 0.1) is 0 Å². The summed E-state index contributed by atoms with van der Waals surface area (Å²) in [4.78, 5) is 6.88. The first-order valence-corrected chi connectivity index (χ1v) is 10.3. The third-order valence-electron chi connectivity index (χ3n) is 5.24. The van der Waals surface area contributed by atoms with E-state index in [0.717, 1.165) is 12.2 Å². The van der Waals surface area contributed by atoms with Crippen molar-refractivity contribution in [3.63, 3.8) is 0 Å². The smallest absolute Gasteiger partial charge is 0.0706 e. The van der Waals surface area contributed by atoms with Crippen molar-refractivity contribution in [2.24, 2.45) is 4.99 Å². The van der Waals surface area contributed by atoms with Gasteiger partial charge in [-0.1, -0.05) is 51.0 Å². The van der Waals surface area contributed by atoms with E-state index in [1.165, 1.54) is 66.7 Å². The van der Waals surface area contributed by atoms with Gasteiger partial charge in [0.2, 0.25) is 0 Å². The van der Waals surface area contributed by atoms with E-state index in [0.29, 0.717) is 0 Å². The molecule has 3 heteroatoms. The maximum atomic E-state index is 5.46. The number of rotatable bonds is 5. The zero-order valence-corrected chi connectivity index (χ0v) is 16.6. The number of fused-ring (bicyclic) bond motifs is 1. The topological polar surface area (TPSA) is 12.4 Å². The Hall–Kier alpha value is -0.730. The predicted octanol–water partition coefficient (Wildman–Crippen LogP) is 6.84. The standard InChI is InChI=1S/C21H29NS.ClH/c1-3-5-15-21(4-2)16-23-19-14-10-9-13-18(19)20(22-21)17-11-7-6-8-12-17;/h9-11,13-14H,3-8,12,15-16H2,1-2H3;1H. The number of benzene rings is 1. The van der Waals surface area contributed by atoms with Gasteiger partial charge in [0.05, 0.1) is 11.3 Å². The fourth-order valence-corrected chi connectivity index (χ4v) is 4.95. The fraction of sp³-hybridized carbons (Fsp3) is 0.571. The Kier molecular flexibility index (Phi) is 7.43. The molecule has 2 aliphatic rings. The van der Waals surface area contributed by atoms with E-state index in [2.05, 4.69) is 44.2 Å². The number of unbranched alkanes of at least 4 members (excludes halogenated alkanes) is 1. The Morgan fingerprint density at radius 2 is 2.00 bits per heavy atom. The molecule has 1 heterocycles. The van der Waals surface area contributed by atoms with Gasteiger partial charge in [0.1, 0.15) is 0 Å². The lowest BCUT2D eigenvalue weighted by Gasteiger charge is -2.28. The molecule has 1 unspecified atom stereocenters. The van der Waals surface area contributed by atoms with Gasteiger partial charge in [-0.05, 0) is 50.2 Å². The molecule has 1 aromatic carbocycles. The van der Waals surface area contributed by atoms with Crippen molar-refractivity contribution < 1.29 is 0 Å². The molecule has 0 saturated carbocycles. The van der Waals surface area contributed by atoms with Crippen molar-refractivity contribution in [1.82, 2.24) is 0 Å². The van der Waals surface area contributed by atoms with Crippen LogP contribution in [0.1, 0.15) is 70.8 Å². The third-order valence-corrected chi connectivity index (χ3v) is 6.59. The van der Waals surface area contributed by atoms with Gasteiger partial charge >= 0.3 is 0 Å². The molecule has 0 aromatic heterocycles. The molecule has 1 nitrogen and oxygen atoms in total. The molecule has 132 valence electrons. The molecule has 1 aromatic rings. The van der Waals surface area contributed by atoms with E-state index in [-0.39, 0.29) is 17.9 Å². The molecule has 0 N–H and O–H groups in total. The summed E-state index contributed by atoms with van der Waals surface area (Å²) in [7, 11) is 0. The summed E-state index contributed by atoms with van der Waals surface area (Å²) >= 11 is 2.02. The molecule has 24 heavy (non-hydrogen) atoms. The van der Waals surface area contributed by atoms with E-state index in [1.54, 1.807) is 0 Å². The number of aliphatic imine (C=N–C) groups is 1. The van der Waals surface area contributed by atoms with Crippen LogP contribution in [0.2, 0.25) is 0 Å². The lowest BCUT2D eigenvalue weighted by Crippen LogP contribution is -2.30. The monoisotopic (exact) mass is 363 g/mol. The quantitative estimate of drug-likeness (QED) is 0.557. The van der Waals surface area contributed by atoms with Gasteiger partial charge in [0.25, 0.3) is 0 Å². The first-order valence-electron chi connectivity index (χ1n) is 9.29. The van der Waals surface area contributed by atoms with Gasteiger partial charge in [-0.2, -0.15) is 0 Å². The Balaban J connectivity index is 0.00000208. The number of halogens is 1. The first-order chi connectivity index (χ1) is 11.3. The van der Waals surface area contributed by atoms with Gasteiger partial charge in [-0.15, -0.1) is 24.2 Å². The van der Waals surface area contributed by atoms with Crippen molar-refractivity contribution in [3.05, 3.63) is 41.5 Å². The van der Waals surface area contributed by atoms with Gasteiger partial charge in [-0.3, -0.25) is 4.99 Å². The molecule has 3 rings (SSSR count). The fourth-order valence-electron chi connectivity index (χ4n) is 3.62. The molecule has 1 aliphatic heterocycles. The average molecular weight is 364 g/mol. The highest BCUT2D eigenvalue weighted by Crippen LogP contribution is 2.39. The molecule has 0 saturated heterocycles. The number of hydrogen-bond acceptors (Lipinski definition) is 2. The van der Waals surface area contributed by atoms with Crippen LogP contribution in [0.4, 0.5) is 0 Å². The summed E-state index contributed by atoms with van der Waals surface area (Å²) in [5.74, 6) is 1.12. The minimum Gasteiger partial charge on any atom is -0.277 e. The van der Waals surface area contributed by atoms with Crippen molar-refractivity contribution in [2.75, 3.05) is 5.75 Å². The maximum Gasteiger partial charge on any atom is 0.0706 e. The number of nitrogens with zero attached hydrogens (tertiary/aromatic N) is 1. The zero-order chi connectivity index (χ0) is 16.1. The largest absolute Gasteiger partial charge is 0.277 e. The van der Waals surface area contributed by atoms with Crippen LogP contribution >= 0.6 is 24.2 Å². The molecular formula is C21H30ClNS. The maximum absolute atomic E-state index is 5.46. The zero-order valence-electron chi connectivity index (χ0n) is 15.0. The van der Waals surface area contributed by atoms with Crippen LogP contribution in [-0.4, -0.2) is 17.0 Å². The minimum atomic E-state index is 0. The molecular weight excluding hydrogens is 334 g/mol. The molecule has 0 radical (unpaired) electrons. The Morgan fingerprint density at radius 1 is 1.17 bits per heavy atom. The predicted molar refractivity (Wildman–Crippen MR) is 110 cm³/mol. The van der Waals surface area contributed by atoms with E-state index in [9.17, 15) is 0 Å². The SMILES string of the molecule is CCCCC1(CC)CSc2ccccc2C(C2=CCCCC2)=N1.Cl. The van der Waals surface area contributed by atoms with Gasteiger partial charge in [0, 0.05) is 16.2 Å². The van der Waals surface area contributed by atoms with Crippen molar-refractivity contribution in [1.29, 1.82) is 0 Å². The summed E-state index contributed by atoms with van der Waals surface area (Å²) in [6.45, 7) is 4.61. The first kappa shape index (κ1) is 19.6. The summed E-state index contributed by atoms with van der Waals surface area (Å²) in [6.07, 6.45) is 12.4. The Morgan fingerprint density at radius 3 is 2.71 bits per heavy atom. The highest BCUT2D eigenvalue weighted by atomic mass is 35.5. The molecule has 0 fully saturated rings. The normalized spacial score (nSPS) is 23.4. The second kappa shape index (κ2) is 9.10. The van der Waals surface area contributed by atoms with E-state index >= 15 is 0 Å². The van der Waals surface area contributed by atoms with Gasteiger partial charge in [-0.25, -0.2) is 0 Å². The van der Waals surface area contributed by atoms with Gasteiger partial charge in [0.15, 0.2) is 0 Å². The molecule has 1 aliphatic carbocycles. The lowest BCUT2D eigenvalue weighted by molar-refractivity contribution is 0.415. The lowest BCUT2D eigenvalue weighted by atomic mass is 9.88. The third kappa shape index (κ3) is 4.26. The second-order valence-electron chi connectivity index (χ2n) is 6.90. The second-order valence-corrected chi connectivity index (χ2v) is 7.92. The number of thioether (sulfide) groups is 1. The molecule has 0 bridgehead atoms. The summed E-state index contributed by atoms with van der Waals surface area (Å²) in [6, 6.07) is 8.90. The molecule has 0 spiro atoms. The number of hydrogen-bond donors (Lipinski definition) is 0. The summed E-state index contributed by atoms with van der Waals surface area (Å²) < 4.78 is 0. The van der Waals surface area contributed by atoms with E-state index in [4.69, 9.17) is 4.99 Å². The van der Waals surface area contributed by atoms with E-state index in [1.807, 2.05) is 11.8 Å².